The minimum Gasteiger partial charge on any atom is -0.497 e. The number of sulfonamides is 1. The Morgan fingerprint density at radius 2 is 1.84 bits per heavy atom. The maximum atomic E-state index is 10.9. The van der Waals surface area contributed by atoms with Crippen molar-refractivity contribution in [3.05, 3.63) is 29.8 Å². The van der Waals surface area contributed by atoms with Crippen LogP contribution in [0.4, 0.5) is 0 Å². The lowest BCUT2D eigenvalue weighted by Crippen LogP contribution is -2.27. The van der Waals surface area contributed by atoms with Crippen molar-refractivity contribution in [2.24, 2.45) is 0 Å². The second-order valence-electron chi connectivity index (χ2n) is 4.47. The van der Waals surface area contributed by atoms with E-state index >= 15 is 0 Å². The summed E-state index contributed by atoms with van der Waals surface area (Å²) in [6.45, 7) is 3.29. The molecule has 0 amide bonds. The van der Waals surface area contributed by atoms with Gasteiger partial charge in [-0.3, -0.25) is 0 Å². The van der Waals surface area contributed by atoms with Gasteiger partial charge in [-0.05, 0) is 37.6 Å². The molecule has 5 nitrogen and oxygen atoms in total. The molecule has 0 bridgehead atoms. The normalized spacial score (nSPS) is 13.2. The summed E-state index contributed by atoms with van der Waals surface area (Å²) >= 11 is 0. The van der Waals surface area contributed by atoms with Crippen molar-refractivity contribution < 1.29 is 13.2 Å². The van der Waals surface area contributed by atoms with Gasteiger partial charge in [-0.1, -0.05) is 12.1 Å². The van der Waals surface area contributed by atoms with E-state index in [9.17, 15) is 8.42 Å². The molecule has 0 saturated heterocycles. The maximum Gasteiger partial charge on any atom is 0.208 e. The van der Waals surface area contributed by atoms with E-state index in [1.165, 1.54) is 11.8 Å². The molecule has 1 rings (SSSR count). The van der Waals surface area contributed by atoms with Crippen LogP contribution in [0.1, 0.15) is 24.9 Å². The van der Waals surface area contributed by atoms with Gasteiger partial charge in [0.05, 0.1) is 13.4 Å². The van der Waals surface area contributed by atoms with Crippen LogP contribution in [0.15, 0.2) is 24.3 Å². The second kappa shape index (κ2) is 7.47. The first-order chi connectivity index (χ1) is 8.92. The molecule has 0 aromatic heterocycles. The zero-order valence-electron chi connectivity index (χ0n) is 11.6. The van der Waals surface area contributed by atoms with Crippen LogP contribution in [0.2, 0.25) is 0 Å². The van der Waals surface area contributed by atoms with Crippen molar-refractivity contribution in [1.82, 2.24) is 10.0 Å². The highest BCUT2D eigenvalue weighted by atomic mass is 32.2. The van der Waals surface area contributed by atoms with E-state index in [1.54, 1.807) is 7.11 Å². The first kappa shape index (κ1) is 15.9. The number of hydrogen-bond acceptors (Lipinski definition) is 4. The molecule has 0 aliphatic carbocycles. The molecular formula is C13H22N2O3S. The molecule has 0 fully saturated rings. The highest BCUT2D eigenvalue weighted by Gasteiger charge is 2.05. The van der Waals surface area contributed by atoms with E-state index in [2.05, 4.69) is 17.0 Å². The van der Waals surface area contributed by atoms with E-state index in [0.717, 1.165) is 18.7 Å². The Hall–Kier alpha value is -1.11. The van der Waals surface area contributed by atoms with Gasteiger partial charge in [-0.15, -0.1) is 0 Å². The number of benzene rings is 1. The topological polar surface area (TPSA) is 67.4 Å². The third-order valence-electron chi connectivity index (χ3n) is 2.78. The quantitative estimate of drug-likeness (QED) is 0.707. The van der Waals surface area contributed by atoms with Crippen molar-refractivity contribution in [1.29, 1.82) is 0 Å². The number of hydrogen-bond donors (Lipinski definition) is 2. The molecule has 1 unspecified atom stereocenters. The highest BCUT2D eigenvalue weighted by Crippen LogP contribution is 2.16. The SMILES string of the molecule is COc1ccc(C(C)NCCCNS(C)(=O)=O)cc1. The van der Waals surface area contributed by atoms with Gasteiger partial charge in [-0.25, -0.2) is 13.1 Å². The van der Waals surface area contributed by atoms with Crippen molar-refractivity contribution in [3.8, 4) is 5.75 Å². The number of methoxy groups -OCH3 is 1. The summed E-state index contributed by atoms with van der Waals surface area (Å²) in [5.41, 5.74) is 1.18. The third kappa shape index (κ3) is 6.56. The second-order valence-corrected chi connectivity index (χ2v) is 6.30. The molecule has 0 aliphatic rings. The number of rotatable bonds is 8. The zero-order valence-corrected chi connectivity index (χ0v) is 12.5. The summed E-state index contributed by atoms with van der Waals surface area (Å²) in [5.74, 6) is 0.841. The highest BCUT2D eigenvalue weighted by molar-refractivity contribution is 7.88. The Morgan fingerprint density at radius 3 is 2.37 bits per heavy atom. The summed E-state index contributed by atoms with van der Waals surface area (Å²) < 4.78 is 29.3. The summed E-state index contributed by atoms with van der Waals surface area (Å²) in [6, 6.07) is 8.12. The van der Waals surface area contributed by atoms with E-state index < -0.39 is 10.0 Å². The Bertz CT molecular complexity index is 471. The molecule has 1 aromatic rings. The van der Waals surface area contributed by atoms with Crippen LogP contribution in [0.25, 0.3) is 0 Å². The monoisotopic (exact) mass is 286 g/mol. The van der Waals surface area contributed by atoms with E-state index in [1.807, 2.05) is 24.3 Å². The van der Waals surface area contributed by atoms with Crippen LogP contribution >= 0.6 is 0 Å². The molecule has 1 aromatic carbocycles. The molecule has 1 atom stereocenters. The van der Waals surface area contributed by atoms with Gasteiger partial charge in [-0.2, -0.15) is 0 Å². The predicted octanol–water partition coefficient (Wildman–Crippen LogP) is 1.29. The number of ether oxygens (including phenoxy) is 1. The third-order valence-corrected chi connectivity index (χ3v) is 3.51. The van der Waals surface area contributed by atoms with Crippen LogP contribution < -0.4 is 14.8 Å². The van der Waals surface area contributed by atoms with Crippen molar-refractivity contribution in [2.45, 2.75) is 19.4 Å². The molecule has 6 heteroatoms. The lowest BCUT2D eigenvalue weighted by Gasteiger charge is -2.14. The van der Waals surface area contributed by atoms with Gasteiger partial charge in [0.15, 0.2) is 0 Å². The smallest absolute Gasteiger partial charge is 0.208 e. The van der Waals surface area contributed by atoms with Crippen molar-refractivity contribution in [3.63, 3.8) is 0 Å². The van der Waals surface area contributed by atoms with Crippen LogP contribution in [0, 0.1) is 0 Å². The Morgan fingerprint density at radius 1 is 1.21 bits per heavy atom. The lowest BCUT2D eigenvalue weighted by atomic mass is 10.1. The van der Waals surface area contributed by atoms with Crippen LogP contribution in [-0.4, -0.2) is 34.9 Å². The van der Waals surface area contributed by atoms with E-state index in [0.29, 0.717) is 6.54 Å². The standard InChI is InChI=1S/C13H22N2O3S/c1-11(12-5-7-13(18-2)8-6-12)14-9-4-10-15-19(3,16)17/h5-8,11,14-15H,4,9-10H2,1-3H3. The van der Waals surface area contributed by atoms with Crippen molar-refractivity contribution in [2.75, 3.05) is 26.5 Å². The summed E-state index contributed by atoms with van der Waals surface area (Å²) in [6.07, 6.45) is 1.92. The molecule has 108 valence electrons. The van der Waals surface area contributed by atoms with Gasteiger partial charge in [0.1, 0.15) is 5.75 Å². The van der Waals surface area contributed by atoms with Crippen molar-refractivity contribution >= 4 is 10.0 Å². The molecule has 0 aliphatic heterocycles. The summed E-state index contributed by atoms with van der Waals surface area (Å²) in [7, 11) is -1.43. The molecule has 0 spiro atoms. The fourth-order valence-corrected chi connectivity index (χ4v) is 2.19. The van der Waals surface area contributed by atoms with Crippen LogP contribution in [0.5, 0.6) is 5.75 Å². The van der Waals surface area contributed by atoms with Gasteiger partial charge in [0.25, 0.3) is 0 Å². The van der Waals surface area contributed by atoms with Gasteiger partial charge in [0, 0.05) is 12.6 Å². The van der Waals surface area contributed by atoms with Gasteiger partial charge >= 0.3 is 0 Å². The first-order valence-corrected chi connectivity index (χ1v) is 8.13. The Kier molecular flexibility index (Phi) is 6.27. The van der Waals surface area contributed by atoms with E-state index in [4.69, 9.17) is 4.74 Å². The van der Waals surface area contributed by atoms with Gasteiger partial charge < -0.3 is 10.1 Å². The summed E-state index contributed by atoms with van der Waals surface area (Å²) in [4.78, 5) is 0. The molecular weight excluding hydrogens is 264 g/mol. The average molecular weight is 286 g/mol. The molecule has 0 saturated carbocycles. The van der Waals surface area contributed by atoms with Crippen LogP contribution in [0.3, 0.4) is 0 Å². The largest absolute Gasteiger partial charge is 0.497 e. The minimum absolute atomic E-state index is 0.226. The summed E-state index contributed by atoms with van der Waals surface area (Å²) in [5, 5.41) is 3.35. The molecule has 0 heterocycles. The fraction of sp³-hybridized carbons (Fsp3) is 0.538. The first-order valence-electron chi connectivity index (χ1n) is 6.24. The maximum absolute atomic E-state index is 10.9. The zero-order chi connectivity index (χ0) is 14.3. The Balaban J connectivity index is 2.28. The fourth-order valence-electron chi connectivity index (χ4n) is 1.67. The molecule has 0 radical (unpaired) electrons. The average Bonchev–Trinajstić information content (AvgIpc) is 2.37. The van der Waals surface area contributed by atoms with Crippen LogP contribution in [-0.2, 0) is 10.0 Å². The van der Waals surface area contributed by atoms with E-state index in [-0.39, 0.29) is 6.04 Å². The molecule has 19 heavy (non-hydrogen) atoms. The Labute approximate surface area is 115 Å². The predicted molar refractivity (Wildman–Crippen MR) is 76.9 cm³/mol. The lowest BCUT2D eigenvalue weighted by molar-refractivity contribution is 0.414. The molecule has 2 N–H and O–H groups in total. The number of nitrogens with one attached hydrogen (secondary N) is 2. The van der Waals surface area contributed by atoms with Gasteiger partial charge in [0.2, 0.25) is 10.0 Å². The minimum atomic E-state index is -3.08.